The van der Waals surface area contributed by atoms with Gasteiger partial charge in [0.1, 0.15) is 17.9 Å². The Kier molecular flexibility index (Phi) is 4.62. The number of methoxy groups -OCH3 is 1. The Labute approximate surface area is 141 Å². The standard InChI is InChI=1S/C19H21N3O2/c1-12-5-4-6-16-17(12)19(21-11-20-16)22-13(2)18(23)14-7-9-15(24-3)10-8-14/h4-11,13,18,23H,1-3H3,(H,20,21,22). The minimum absolute atomic E-state index is 0.212. The highest BCUT2D eigenvalue weighted by molar-refractivity contribution is 5.91. The molecule has 5 heteroatoms. The molecule has 124 valence electrons. The molecule has 0 radical (unpaired) electrons. The Hall–Kier alpha value is -2.66. The van der Waals surface area contributed by atoms with Crippen LogP contribution in [0.4, 0.5) is 5.82 Å². The summed E-state index contributed by atoms with van der Waals surface area (Å²) in [6.07, 6.45) is 0.876. The van der Waals surface area contributed by atoms with Crippen molar-refractivity contribution in [1.82, 2.24) is 9.97 Å². The minimum Gasteiger partial charge on any atom is -0.497 e. The smallest absolute Gasteiger partial charge is 0.137 e. The van der Waals surface area contributed by atoms with E-state index >= 15 is 0 Å². The number of aryl methyl sites for hydroxylation is 1. The van der Waals surface area contributed by atoms with Gasteiger partial charge in [-0.1, -0.05) is 24.3 Å². The number of hydrogen-bond donors (Lipinski definition) is 2. The third-order valence-corrected chi connectivity index (χ3v) is 4.17. The number of aliphatic hydroxyl groups excluding tert-OH is 1. The molecule has 0 saturated carbocycles. The molecule has 1 aromatic heterocycles. The van der Waals surface area contributed by atoms with Gasteiger partial charge in [-0.05, 0) is 43.2 Å². The molecule has 24 heavy (non-hydrogen) atoms. The molecule has 0 amide bonds. The molecule has 5 nitrogen and oxygen atoms in total. The van der Waals surface area contributed by atoms with Crippen molar-refractivity contribution < 1.29 is 9.84 Å². The fourth-order valence-corrected chi connectivity index (χ4v) is 2.78. The topological polar surface area (TPSA) is 67.3 Å². The van der Waals surface area contributed by atoms with E-state index in [-0.39, 0.29) is 6.04 Å². The second kappa shape index (κ2) is 6.84. The van der Waals surface area contributed by atoms with Gasteiger partial charge in [0.05, 0.1) is 24.8 Å². The molecular formula is C19H21N3O2. The van der Waals surface area contributed by atoms with Gasteiger partial charge in [-0.2, -0.15) is 0 Å². The lowest BCUT2D eigenvalue weighted by Gasteiger charge is -2.22. The molecule has 2 aromatic carbocycles. The molecule has 3 rings (SSSR count). The number of aliphatic hydroxyl groups is 1. The van der Waals surface area contributed by atoms with E-state index < -0.39 is 6.10 Å². The third kappa shape index (κ3) is 3.16. The van der Waals surface area contributed by atoms with E-state index in [1.165, 1.54) is 6.33 Å². The maximum absolute atomic E-state index is 10.6. The molecule has 0 aliphatic heterocycles. The zero-order chi connectivity index (χ0) is 17.1. The number of fused-ring (bicyclic) bond motifs is 1. The van der Waals surface area contributed by atoms with Gasteiger partial charge in [-0.15, -0.1) is 0 Å². The Bertz CT molecular complexity index is 828. The number of anilines is 1. The molecule has 2 N–H and O–H groups in total. The fraction of sp³-hybridized carbons (Fsp3) is 0.263. The van der Waals surface area contributed by atoms with Crippen LogP contribution in [0, 0.1) is 6.92 Å². The van der Waals surface area contributed by atoms with Crippen molar-refractivity contribution in [3.05, 3.63) is 59.9 Å². The highest BCUT2D eigenvalue weighted by Gasteiger charge is 2.18. The van der Waals surface area contributed by atoms with E-state index in [9.17, 15) is 5.11 Å². The van der Waals surface area contributed by atoms with Gasteiger partial charge in [0.25, 0.3) is 0 Å². The predicted octanol–water partition coefficient (Wildman–Crippen LogP) is 3.48. The van der Waals surface area contributed by atoms with Crippen LogP contribution in [0.25, 0.3) is 10.9 Å². The van der Waals surface area contributed by atoms with Gasteiger partial charge in [0, 0.05) is 5.39 Å². The first-order valence-corrected chi connectivity index (χ1v) is 7.89. The van der Waals surface area contributed by atoms with Crippen molar-refractivity contribution in [2.75, 3.05) is 12.4 Å². The van der Waals surface area contributed by atoms with Crippen LogP contribution in [-0.2, 0) is 0 Å². The second-order valence-electron chi connectivity index (χ2n) is 5.84. The summed E-state index contributed by atoms with van der Waals surface area (Å²) in [5.74, 6) is 1.50. The summed E-state index contributed by atoms with van der Waals surface area (Å²) in [5, 5.41) is 14.9. The first-order chi connectivity index (χ1) is 11.6. The van der Waals surface area contributed by atoms with Crippen LogP contribution in [0.2, 0.25) is 0 Å². The molecule has 2 atom stereocenters. The van der Waals surface area contributed by atoms with Crippen LogP contribution >= 0.6 is 0 Å². The predicted molar refractivity (Wildman–Crippen MR) is 95.3 cm³/mol. The Morgan fingerprint density at radius 1 is 1.08 bits per heavy atom. The number of nitrogens with zero attached hydrogens (tertiary/aromatic N) is 2. The maximum Gasteiger partial charge on any atom is 0.137 e. The van der Waals surface area contributed by atoms with Crippen molar-refractivity contribution in [3.8, 4) is 5.75 Å². The van der Waals surface area contributed by atoms with Crippen molar-refractivity contribution in [1.29, 1.82) is 0 Å². The largest absolute Gasteiger partial charge is 0.497 e. The summed E-state index contributed by atoms with van der Waals surface area (Å²) in [5.41, 5.74) is 2.81. The van der Waals surface area contributed by atoms with E-state index in [0.717, 1.165) is 33.6 Å². The molecule has 3 aromatic rings. The summed E-state index contributed by atoms with van der Waals surface area (Å²) in [6, 6.07) is 13.2. The zero-order valence-electron chi connectivity index (χ0n) is 14.0. The number of rotatable bonds is 5. The SMILES string of the molecule is COc1ccc(C(O)C(C)Nc2ncnc3cccc(C)c23)cc1. The summed E-state index contributed by atoms with van der Waals surface area (Å²) in [6.45, 7) is 3.96. The Morgan fingerprint density at radius 3 is 2.54 bits per heavy atom. The molecule has 0 spiro atoms. The van der Waals surface area contributed by atoms with Crippen molar-refractivity contribution in [3.63, 3.8) is 0 Å². The average Bonchev–Trinajstić information content (AvgIpc) is 2.61. The van der Waals surface area contributed by atoms with Crippen molar-refractivity contribution in [2.45, 2.75) is 26.0 Å². The monoisotopic (exact) mass is 323 g/mol. The summed E-state index contributed by atoms with van der Waals surface area (Å²) in [7, 11) is 1.62. The van der Waals surface area contributed by atoms with Crippen LogP contribution in [0.5, 0.6) is 5.75 Å². The molecular weight excluding hydrogens is 302 g/mol. The summed E-state index contributed by atoms with van der Waals surface area (Å²) < 4.78 is 5.15. The van der Waals surface area contributed by atoms with E-state index in [4.69, 9.17) is 4.74 Å². The van der Waals surface area contributed by atoms with Crippen molar-refractivity contribution in [2.24, 2.45) is 0 Å². The number of nitrogens with one attached hydrogen (secondary N) is 1. The Balaban J connectivity index is 1.85. The zero-order valence-corrected chi connectivity index (χ0v) is 14.0. The highest BCUT2D eigenvalue weighted by atomic mass is 16.5. The Morgan fingerprint density at radius 2 is 1.83 bits per heavy atom. The molecule has 0 bridgehead atoms. The van der Waals surface area contributed by atoms with Crippen LogP contribution < -0.4 is 10.1 Å². The first-order valence-electron chi connectivity index (χ1n) is 7.89. The number of ether oxygens (including phenoxy) is 1. The van der Waals surface area contributed by atoms with Gasteiger partial charge >= 0.3 is 0 Å². The van der Waals surface area contributed by atoms with Gasteiger partial charge in [-0.25, -0.2) is 9.97 Å². The summed E-state index contributed by atoms with van der Waals surface area (Å²) in [4.78, 5) is 8.66. The van der Waals surface area contributed by atoms with Gasteiger partial charge in [0.15, 0.2) is 0 Å². The second-order valence-corrected chi connectivity index (χ2v) is 5.84. The quantitative estimate of drug-likeness (QED) is 0.752. The molecule has 0 aliphatic carbocycles. The van der Waals surface area contributed by atoms with Crippen LogP contribution in [-0.4, -0.2) is 28.2 Å². The van der Waals surface area contributed by atoms with Gasteiger partial charge in [-0.3, -0.25) is 0 Å². The molecule has 0 saturated heterocycles. The average molecular weight is 323 g/mol. The molecule has 0 fully saturated rings. The van der Waals surface area contributed by atoms with E-state index in [1.54, 1.807) is 7.11 Å². The minimum atomic E-state index is -0.662. The lowest BCUT2D eigenvalue weighted by atomic mass is 10.0. The molecule has 2 unspecified atom stereocenters. The summed E-state index contributed by atoms with van der Waals surface area (Å²) >= 11 is 0. The highest BCUT2D eigenvalue weighted by Crippen LogP contribution is 2.26. The van der Waals surface area contributed by atoms with Gasteiger partial charge < -0.3 is 15.2 Å². The van der Waals surface area contributed by atoms with E-state index in [2.05, 4.69) is 15.3 Å². The molecule has 0 aliphatic rings. The van der Waals surface area contributed by atoms with Gasteiger partial charge in [0.2, 0.25) is 0 Å². The maximum atomic E-state index is 10.6. The van der Waals surface area contributed by atoms with Crippen LogP contribution in [0.3, 0.4) is 0 Å². The first kappa shape index (κ1) is 16.2. The molecule has 1 heterocycles. The van der Waals surface area contributed by atoms with E-state index in [1.807, 2.05) is 56.3 Å². The van der Waals surface area contributed by atoms with Crippen LogP contribution in [0.15, 0.2) is 48.8 Å². The van der Waals surface area contributed by atoms with Crippen molar-refractivity contribution >= 4 is 16.7 Å². The number of benzene rings is 2. The van der Waals surface area contributed by atoms with Crippen LogP contribution in [0.1, 0.15) is 24.2 Å². The normalized spacial score (nSPS) is 13.5. The number of aromatic nitrogens is 2. The fourth-order valence-electron chi connectivity index (χ4n) is 2.78. The lowest BCUT2D eigenvalue weighted by Crippen LogP contribution is -2.24. The number of hydrogen-bond acceptors (Lipinski definition) is 5. The lowest BCUT2D eigenvalue weighted by molar-refractivity contribution is 0.160. The third-order valence-electron chi connectivity index (χ3n) is 4.17. The van der Waals surface area contributed by atoms with E-state index in [0.29, 0.717) is 0 Å².